The predicted octanol–water partition coefficient (Wildman–Crippen LogP) is -2.63. The molecule has 0 spiro atoms. The molecule has 34 heavy (non-hydrogen) atoms. The van der Waals surface area contributed by atoms with Crippen molar-refractivity contribution in [1.29, 1.82) is 5.26 Å². The third-order valence-electron chi connectivity index (χ3n) is 4.48. The van der Waals surface area contributed by atoms with Gasteiger partial charge in [-0.1, -0.05) is 0 Å². The number of ether oxygens (including phenoxy) is 1. The molecule has 8 atom stereocenters. The summed E-state index contributed by atoms with van der Waals surface area (Å²) in [5, 5.41) is 19.8. The standard InChI is InChI=1S/C11H17FN7O12P3/c12-4-6(20)11(1-13,2-28-33(24,25)31-34(26,27)30-32(21,22)23)29-9(4)19-3-16-5-7(14)17-10(15)18-8(5)19/h3-6,8-9,20H,2H2,(H,24,25)(H,26,27)(H2,21,22,23)(H4,14,15,17,18)/t4-,5?,6+,8?,9-,11-/m1/s1. The van der Waals surface area contributed by atoms with Crippen LogP contribution in [0.3, 0.4) is 0 Å². The molecule has 23 heteroatoms. The Hall–Kier alpha value is -1.84. The first-order valence-corrected chi connectivity index (χ1v) is 13.2. The Balaban J connectivity index is 1.75. The zero-order valence-corrected chi connectivity index (χ0v) is 19.1. The summed E-state index contributed by atoms with van der Waals surface area (Å²) in [6.45, 7) is -1.42. The van der Waals surface area contributed by atoms with Crippen molar-refractivity contribution in [2.75, 3.05) is 6.61 Å². The molecule has 0 amide bonds. The summed E-state index contributed by atoms with van der Waals surface area (Å²) in [5.74, 6) is -0.313. The average Bonchev–Trinajstić information content (AvgIpc) is 3.18. The summed E-state index contributed by atoms with van der Waals surface area (Å²) in [5.41, 5.74) is 8.58. The van der Waals surface area contributed by atoms with Crippen LogP contribution in [0.5, 0.6) is 0 Å². The molecule has 19 nitrogen and oxygen atoms in total. The molecule has 0 bridgehead atoms. The van der Waals surface area contributed by atoms with E-state index in [-0.39, 0.29) is 11.8 Å². The van der Waals surface area contributed by atoms with Crippen molar-refractivity contribution >= 4 is 41.6 Å². The number of aliphatic hydroxyl groups excluding tert-OH is 1. The zero-order valence-electron chi connectivity index (χ0n) is 16.4. The van der Waals surface area contributed by atoms with Gasteiger partial charge in [0.2, 0.25) is 11.6 Å². The van der Waals surface area contributed by atoms with Crippen LogP contribution >= 0.6 is 23.5 Å². The minimum absolute atomic E-state index is 0.0515. The number of halogens is 1. The van der Waals surface area contributed by atoms with Gasteiger partial charge in [0.25, 0.3) is 0 Å². The second kappa shape index (κ2) is 8.99. The van der Waals surface area contributed by atoms with Crippen molar-refractivity contribution in [3.63, 3.8) is 0 Å². The molecule has 4 unspecified atom stereocenters. The molecule has 1 fully saturated rings. The summed E-state index contributed by atoms with van der Waals surface area (Å²) in [7, 11) is -17.2. The monoisotopic (exact) mass is 551 g/mol. The van der Waals surface area contributed by atoms with Crippen LogP contribution in [0.1, 0.15) is 0 Å². The van der Waals surface area contributed by atoms with E-state index in [1.54, 1.807) is 0 Å². The summed E-state index contributed by atoms with van der Waals surface area (Å²) >= 11 is 0. The van der Waals surface area contributed by atoms with Gasteiger partial charge < -0.3 is 45.8 Å². The molecule has 3 aliphatic heterocycles. The van der Waals surface area contributed by atoms with Crippen LogP contribution in [0.25, 0.3) is 0 Å². The molecule has 0 radical (unpaired) electrons. The fourth-order valence-corrected chi connectivity index (χ4v) is 6.17. The number of aliphatic hydroxyl groups is 1. The summed E-state index contributed by atoms with van der Waals surface area (Å²) < 4.78 is 65.7. The lowest BCUT2D eigenvalue weighted by Crippen LogP contribution is -2.51. The lowest BCUT2D eigenvalue weighted by molar-refractivity contribution is -0.105. The number of amidine groups is 1. The van der Waals surface area contributed by atoms with Gasteiger partial charge in [0, 0.05) is 0 Å². The van der Waals surface area contributed by atoms with E-state index in [4.69, 9.17) is 30.9 Å². The molecule has 3 heterocycles. The van der Waals surface area contributed by atoms with Crippen LogP contribution in [0, 0.1) is 11.3 Å². The summed E-state index contributed by atoms with van der Waals surface area (Å²) in [4.78, 5) is 48.5. The molecule has 0 saturated carbocycles. The van der Waals surface area contributed by atoms with Gasteiger partial charge in [-0.05, 0) is 0 Å². The molecule has 190 valence electrons. The van der Waals surface area contributed by atoms with Gasteiger partial charge >= 0.3 is 23.5 Å². The third-order valence-corrected chi connectivity index (χ3v) is 8.27. The van der Waals surface area contributed by atoms with Crippen LogP contribution in [-0.2, 0) is 31.6 Å². The number of alkyl halides is 1. The average molecular weight is 551 g/mol. The lowest BCUT2D eigenvalue weighted by atomic mass is 9.98. The van der Waals surface area contributed by atoms with Gasteiger partial charge in [0.15, 0.2) is 18.6 Å². The summed E-state index contributed by atoms with van der Waals surface area (Å²) in [6.07, 6.45) is -6.43. The quantitative estimate of drug-likeness (QED) is 0.152. The normalized spacial score (nSPS) is 36.7. The van der Waals surface area contributed by atoms with Crippen molar-refractivity contribution in [2.24, 2.45) is 26.4 Å². The number of rotatable bonds is 8. The smallest absolute Gasteiger partial charge is 0.386 e. The Labute approximate surface area is 188 Å². The molecule has 0 aromatic rings. The Morgan fingerprint density at radius 1 is 1.24 bits per heavy atom. The highest BCUT2D eigenvalue weighted by molar-refractivity contribution is 7.66. The van der Waals surface area contributed by atoms with Gasteiger partial charge in [0.05, 0.1) is 6.34 Å². The topological polar surface area (TPSA) is 305 Å². The first-order chi connectivity index (χ1) is 15.5. The van der Waals surface area contributed by atoms with Crippen molar-refractivity contribution in [3.05, 3.63) is 0 Å². The molecular formula is C11H17FN7O12P3. The maximum atomic E-state index is 15.0. The number of nitrogens with zero attached hydrogens (tertiary/aromatic N) is 5. The van der Waals surface area contributed by atoms with E-state index >= 15 is 0 Å². The Morgan fingerprint density at radius 2 is 1.88 bits per heavy atom. The number of hydrogen-bond donors (Lipinski definition) is 7. The zero-order chi connectivity index (χ0) is 25.7. The van der Waals surface area contributed by atoms with Gasteiger partial charge in [-0.3, -0.25) is 9.52 Å². The molecule has 3 rings (SSSR count). The number of guanidine groups is 1. The van der Waals surface area contributed by atoms with Crippen molar-refractivity contribution in [2.45, 2.75) is 36.3 Å². The van der Waals surface area contributed by atoms with Crippen LogP contribution in [0.4, 0.5) is 4.39 Å². The largest absolute Gasteiger partial charge is 0.490 e. The minimum atomic E-state index is -5.85. The van der Waals surface area contributed by atoms with Gasteiger partial charge in [0.1, 0.15) is 30.7 Å². The van der Waals surface area contributed by atoms with Gasteiger partial charge in [-0.2, -0.15) is 18.9 Å². The molecule has 9 N–H and O–H groups in total. The Kier molecular flexibility index (Phi) is 7.07. The second-order valence-electron chi connectivity index (χ2n) is 6.86. The third kappa shape index (κ3) is 5.52. The first-order valence-electron chi connectivity index (χ1n) is 8.67. The van der Waals surface area contributed by atoms with Crippen molar-refractivity contribution in [3.8, 4) is 6.07 Å². The van der Waals surface area contributed by atoms with Gasteiger partial charge in [-0.15, -0.1) is 0 Å². The number of phosphoric ester groups is 1. The number of nitriles is 1. The molecule has 0 aliphatic carbocycles. The number of aliphatic imine (C=N–C) groups is 3. The highest BCUT2D eigenvalue weighted by Gasteiger charge is 2.60. The highest BCUT2D eigenvalue weighted by Crippen LogP contribution is 2.66. The summed E-state index contributed by atoms with van der Waals surface area (Å²) in [6, 6.07) is 0.500. The van der Waals surface area contributed by atoms with E-state index < -0.39 is 66.4 Å². The SMILES string of the molecule is N#C[C@]1(COP(=O)(O)OP(=O)(O)OP(=O)(O)O)O[C@@H](N2C=NC3C(N)=NC(N)=NC32)[C@H](F)[C@@H]1O. The fraction of sp³-hybridized carbons (Fsp3) is 0.636. The van der Waals surface area contributed by atoms with E-state index in [2.05, 4.69) is 28.1 Å². The molecule has 3 aliphatic rings. The maximum Gasteiger partial charge on any atom is 0.490 e. The molecule has 0 aromatic carbocycles. The number of nitrogens with two attached hydrogens (primary N) is 2. The second-order valence-corrected chi connectivity index (χ2v) is 11.3. The van der Waals surface area contributed by atoms with Crippen LogP contribution in [0.15, 0.2) is 15.0 Å². The van der Waals surface area contributed by atoms with E-state index in [9.17, 15) is 33.3 Å². The predicted molar refractivity (Wildman–Crippen MR) is 105 cm³/mol. The lowest BCUT2D eigenvalue weighted by Gasteiger charge is -2.32. The number of hydrogen-bond acceptors (Lipinski definition) is 15. The van der Waals surface area contributed by atoms with Crippen LogP contribution in [0.2, 0.25) is 0 Å². The highest BCUT2D eigenvalue weighted by atomic mass is 31.3. The van der Waals surface area contributed by atoms with E-state index in [0.717, 1.165) is 11.2 Å². The van der Waals surface area contributed by atoms with E-state index in [1.165, 1.54) is 6.07 Å². The Morgan fingerprint density at radius 3 is 2.47 bits per heavy atom. The van der Waals surface area contributed by atoms with Gasteiger partial charge in [-0.25, -0.2) is 23.1 Å². The molecular weight excluding hydrogens is 534 g/mol. The van der Waals surface area contributed by atoms with E-state index in [1.807, 2.05) is 0 Å². The fourth-order valence-electron chi connectivity index (χ4n) is 3.12. The van der Waals surface area contributed by atoms with Crippen LogP contribution < -0.4 is 11.5 Å². The first kappa shape index (κ1) is 26.8. The van der Waals surface area contributed by atoms with Crippen molar-refractivity contribution < 1.29 is 60.6 Å². The van der Waals surface area contributed by atoms with E-state index in [0.29, 0.717) is 0 Å². The number of phosphoric acid groups is 3. The maximum absolute atomic E-state index is 15.0. The van der Waals surface area contributed by atoms with Crippen LogP contribution in [-0.4, -0.2) is 90.6 Å². The number of fused-ring (bicyclic) bond motifs is 1. The Bertz CT molecular complexity index is 1120. The minimum Gasteiger partial charge on any atom is -0.386 e. The molecule has 1 saturated heterocycles. The van der Waals surface area contributed by atoms with Crippen molar-refractivity contribution in [1.82, 2.24) is 4.90 Å². The molecule has 0 aromatic heterocycles.